The molecule has 0 saturated carbocycles. The Morgan fingerprint density at radius 3 is 2.83 bits per heavy atom. The second-order valence-corrected chi connectivity index (χ2v) is 10.3. The number of benzene rings is 1. The average Bonchev–Trinajstić information content (AvgIpc) is 3.02. The number of aromatic nitrogens is 3. The topological polar surface area (TPSA) is 59.8 Å². The second kappa shape index (κ2) is 7.97. The summed E-state index contributed by atoms with van der Waals surface area (Å²) in [6.45, 7) is 6.40. The van der Waals surface area contributed by atoms with Gasteiger partial charge in [-0.3, -0.25) is 4.79 Å². The summed E-state index contributed by atoms with van der Waals surface area (Å²) in [6.07, 6.45) is 3.51. The molecule has 0 unspecified atom stereocenters. The number of hydrogen-bond acceptors (Lipinski definition) is 5. The van der Waals surface area contributed by atoms with E-state index in [9.17, 15) is 4.79 Å². The third-order valence-corrected chi connectivity index (χ3v) is 6.78. The SMILES string of the molecule is CCCCSc1nc2n(n1)[C@H](c1ccc(Cl)cc1Cl)C1=C(CC(C)(C)CC1=O)N2. The van der Waals surface area contributed by atoms with Crippen LogP contribution in [0, 0.1) is 5.41 Å². The summed E-state index contributed by atoms with van der Waals surface area (Å²) < 4.78 is 1.80. The summed E-state index contributed by atoms with van der Waals surface area (Å²) in [5, 5.41) is 9.92. The van der Waals surface area contributed by atoms with Crippen molar-refractivity contribution in [1.82, 2.24) is 14.8 Å². The van der Waals surface area contributed by atoms with Crippen LogP contribution in [-0.4, -0.2) is 26.3 Å². The highest BCUT2D eigenvalue weighted by molar-refractivity contribution is 7.99. The number of fused-ring (bicyclic) bond motifs is 1. The van der Waals surface area contributed by atoms with Crippen molar-refractivity contribution in [3.05, 3.63) is 45.1 Å². The van der Waals surface area contributed by atoms with Crippen LogP contribution in [0.2, 0.25) is 10.0 Å². The van der Waals surface area contributed by atoms with Gasteiger partial charge in [-0.15, -0.1) is 5.10 Å². The van der Waals surface area contributed by atoms with E-state index in [0.717, 1.165) is 41.8 Å². The molecule has 0 fully saturated rings. The van der Waals surface area contributed by atoms with Crippen molar-refractivity contribution in [1.29, 1.82) is 0 Å². The zero-order valence-corrected chi connectivity index (χ0v) is 19.1. The third-order valence-electron chi connectivity index (χ3n) is 5.30. The monoisotopic (exact) mass is 450 g/mol. The van der Waals surface area contributed by atoms with Gasteiger partial charge >= 0.3 is 0 Å². The maximum absolute atomic E-state index is 13.2. The van der Waals surface area contributed by atoms with Crippen LogP contribution in [-0.2, 0) is 4.79 Å². The van der Waals surface area contributed by atoms with Gasteiger partial charge in [-0.1, -0.05) is 68.2 Å². The summed E-state index contributed by atoms with van der Waals surface area (Å²) >= 11 is 14.3. The minimum atomic E-state index is -0.400. The van der Waals surface area contributed by atoms with Crippen LogP contribution in [0.4, 0.5) is 5.95 Å². The molecule has 1 aliphatic heterocycles. The van der Waals surface area contributed by atoms with E-state index < -0.39 is 6.04 Å². The number of ketones is 1. The summed E-state index contributed by atoms with van der Waals surface area (Å²) in [4.78, 5) is 17.9. The number of nitrogens with zero attached hydrogens (tertiary/aromatic N) is 3. The van der Waals surface area contributed by atoms with Crippen LogP contribution >= 0.6 is 35.0 Å². The molecule has 0 amide bonds. The van der Waals surface area contributed by atoms with Gasteiger partial charge in [-0.25, -0.2) is 4.68 Å². The van der Waals surface area contributed by atoms with Crippen molar-refractivity contribution < 1.29 is 4.79 Å². The Kier molecular flexibility index (Phi) is 5.70. The molecule has 0 spiro atoms. The number of allylic oxidation sites excluding steroid dienone is 2. The molecule has 1 aromatic carbocycles. The molecule has 1 N–H and O–H groups in total. The molecule has 4 rings (SSSR count). The van der Waals surface area contributed by atoms with Crippen molar-refractivity contribution in [3.8, 4) is 0 Å². The Balaban J connectivity index is 1.82. The Hall–Kier alpha value is -1.50. The first-order valence-corrected chi connectivity index (χ1v) is 11.6. The number of nitrogens with one attached hydrogen (secondary N) is 1. The fourth-order valence-corrected chi connectivity index (χ4v) is 5.39. The molecule has 2 heterocycles. The van der Waals surface area contributed by atoms with Gasteiger partial charge in [0.1, 0.15) is 6.04 Å². The van der Waals surface area contributed by atoms with E-state index in [0.29, 0.717) is 27.6 Å². The summed E-state index contributed by atoms with van der Waals surface area (Å²) in [6, 6.07) is 5.00. The third kappa shape index (κ3) is 4.07. The Morgan fingerprint density at radius 1 is 1.31 bits per heavy atom. The van der Waals surface area contributed by atoms with Crippen molar-refractivity contribution in [2.24, 2.45) is 5.41 Å². The molecular formula is C21H24Cl2N4OS. The fraction of sp³-hybridized carbons (Fsp3) is 0.476. The maximum atomic E-state index is 13.2. The van der Waals surface area contributed by atoms with Crippen molar-refractivity contribution in [2.75, 3.05) is 11.1 Å². The molecule has 0 radical (unpaired) electrons. The van der Waals surface area contributed by atoms with Crippen LogP contribution in [0.5, 0.6) is 0 Å². The molecule has 1 aliphatic carbocycles. The van der Waals surface area contributed by atoms with Crippen LogP contribution in [0.15, 0.2) is 34.6 Å². The lowest BCUT2D eigenvalue weighted by Gasteiger charge is -2.38. The van der Waals surface area contributed by atoms with Crippen LogP contribution in [0.25, 0.3) is 0 Å². The van der Waals surface area contributed by atoms with Crippen LogP contribution in [0.1, 0.15) is 58.1 Å². The number of thioether (sulfide) groups is 1. The normalized spacial score (nSPS) is 20.3. The number of rotatable bonds is 5. The highest BCUT2D eigenvalue weighted by Crippen LogP contribution is 2.47. The lowest BCUT2D eigenvalue weighted by atomic mass is 9.73. The first kappa shape index (κ1) is 20.8. The summed E-state index contributed by atoms with van der Waals surface area (Å²) in [5.74, 6) is 1.75. The first-order valence-electron chi connectivity index (χ1n) is 9.86. The van der Waals surface area contributed by atoms with Crippen LogP contribution < -0.4 is 5.32 Å². The first-order chi connectivity index (χ1) is 13.8. The van der Waals surface area contributed by atoms with Crippen molar-refractivity contribution in [3.63, 3.8) is 0 Å². The number of anilines is 1. The Bertz CT molecular complexity index is 999. The molecule has 29 heavy (non-hydrogen) atoms. The van der Waals surface area contributed by atoms with E-state index in [1.807, 2.05) is 6.07 Å². The molecule has 2 aliphatic rings. The van der Waals surface area contributed by atoms with Gasteiger partial charge in [-0.2, -0.15) is 4.98 Å². The molecule has 2 aromatic rings. The lowest BCUT2D eigenvalue weighted by Crippen LogP contribution is -2.36. The average molecular weight is 451 g/mol. The number of Topliss-reactive ketones (excluding diaryl/α,β-unsaturated/α-hetero) is 1. The number of hydrogen-bond donors (Lipinski definition) is 1. The van der Waals surface area contributed by atoms with E-state index in [1.54, 1.807) is 28.6 Å². The van der Waals surface area contributed by atoms with Gasteiger partial charge in [0.05, 0.1) is 0 Å². The fourth-order valence-electron chi connectivity index (χ4n) is 3.97. The second-order valence-electron chi connectivity index (χ2n) is 8.39. The number of carbonyl (C=O) groups is 1. The number of carbonyl (C=O) groups excluding carboxylic acids is 1. The zero-order valence-electron chi connectivity index (χ0n) is 16.8. The number of unbranched alkanes of at least 4 members (excludes halogenated alkanes) is 1. The van der Waals surface area contributed by atoms with Gasteiger partial charge in [0.2, 0.25) is 11.1 Å². The molecule has 154 valence electrons. The van der Waals surface area contributed by atoms with Gasteiger partial charge in [0, 0.05) is 39.1 Å². The van der Waals surface area contributed by atoms with E-state index >= 15 is 0 Å². The number of halogens is 2. The van der Waals surface area contributed by atoms with Crippen molar-refractivity contribution in [2.45, 2.75) is 57.7 Å². The predicted octanol–water partition coefficient (Wildman–Crippen LogP) is 6.14. The molecule has 8 heteroatoms. The van der Waals surface area contributed by atoms with Crippen LogP contribution in [0.3, 0.4) is 0 Å². The molecule has 0 bridgehead atoms. The van der Waals surface area contributed by atoms with Gasteiger partial charge in [-0.05, 0) is 30.4 Å². The van der Waals surface area contributed by atoms with E-state index in [2.05, 4.69) is 26.1 Å². The quantitative estimate of drug-likeness (QED) is 0.437. The largest absolute Gasteiger partial charge is 0.328 e. The van der Waals surface area contributed by atoms with Crippen molar-refractivity contribution >= 4 is 46.7 Å². The zero-order chi connectivity index (χ0) is 20.8. The molecule has 5 nitrogen and oxygen atoms in total. The van der Waals surface area contributed by atoms with Gasteiger partial charge < -0.3 is 5.32 Å². The molecular weight excluding hydrogens is 427 g/mol. The molecule has 1 atom stereocenters. The van der Waals surface area contributed by atoms with Gasteiger partial charge in [0.25, 0.3) is 0 Å². The smallest absolute Gasteiger partial charge is 0.227 e. The minimum Gasteiger partial charge on any atom is -0.328 e. The predicted molar refractivity (Wildman–Crippen MR) is 119 cm³/mol. The maximum Gasteiger partial charge on any atom is 0.227 e. The highest BCUT2D eigenvalue weighted by Gasteiger charge is 2.42. The Labute approximate surface area is 185 Å². The summed E-state index contributed by atoms with van der Waals surface area (Å²) in [7, 11) is 0. The van der Waals surface area contributed by atoms with E-state index in [4.69, 9.17) is 33.3 Å². The van der Waals surface area contributed by atoms with E-state index in [1.165, 1.54) is 0 Å². The highest BCUT2D eigenvalue weighted by atomic mass is 35.5. The minimum absolute atomic E-state index is 0.0991. The van der Waals surface area contributed by atoms with Gasteiger partial charge in [0.15, 0.2) is 5.78 Å². The van der Waals surface area contributed by atoms with E-state index in [-0.39, 0.29) is 11.2 Å². The lowest BCUT2D eigenvalue weighted by molar-refractivity contribution is -0.118. The Morgan fingerprint density at radius 2 is 2.10 bits per heavy atom. The summed E-state index contributed by atoms with van der Waals surface area (Å²) in [5.41, 5.74) is 2.37. The molecule has 0 saturated heterocycles. The molecule has 1 aromatic heterocycles. The standard InChI is InChI=1S/C21H24Cl2N4OS/c1-4-5-8-29-20-25-19-24-15-10-21(2,3)11-16(28)17(15)18(27(19)26-20)13-7-6-12(22)9-14(13)23/h6-7,9,18H,4-5,8,10-11H2,1-3H3,(H,24,25,26)/t18-/m1/s1.